The lowest BCUT2D eigenvalue weighted by atomic mass is 10.2. The van der Waals surface area contributed by atoms with E-state index < -0.39 is 0 Å². The predicted octanol–water partition coefficient (Wildman–Crippen LogP) is 3.68. The molecule has 1 aromatic carbocycles. The van der Waals surface area contributed by atoms with Gasteiger partial charge in [0.05, 0.1) is 0 Å². The number of hydrogen-bond acceptors (Lipinski definition) is 4. The number of rotatable bonds is 2. The van der Waals surface area contributed by atoms with Crippen LogP contribution < -0.4 is 0 Å². The van der Waals surface area contributed by atoms with Crippen LogP contribution in [0.25, 0.3) is 0 Å². The van der Waals surface area contributed by atoms with Crippen molar-refractivity contribution in [2.45, 2.75) is 19.0 Å². The number of hydrogen-bond donors (Lipinski definition) is 0. The lowest BCUT2D eigenvalue weighted by Crippen LogP contribution is -1.98. The molecule has 0 unspecified atom stereocenters. The van der Waals surface area contributed by atoms with E-state index in [1.165, 1.54) is 0 Å². The highest BCUT2D eigenvalue weighted by atomic mass is 35.5. The van der Waals surface area contributed by atoms with E-state index >= 15 is 0 Å². The molecule has 3 nitrogen and oxygen atoms in total. The van der Waals surface area contributed by atoms with E-state index in [2.05, 4.69) is 9.97 Å². The summed E-state index contributed by atoms with van der Waals surface area (Å²) in [6.07, 6.45) is 0. The Kier molecular flexibility index (Phi) is 3.99. The Morgan fingerprint density at radius 2 is 1.67 bits per heavy atom. The maximum Gasteiger partial charge on any atom is 0.227 e. The standard InChI is InChI=1S/C13H11ClN2OS/c1-8-7-9(2)16-13(15-8)18-12(17)10-3-5-11(14)6-4-10/h3-7H,1-2H3. The van der Waals surface area contributed by atoms with Crippen molar-refractivity contribution in [2.75, 3.05) is 0 Å². The van der Waals surface area contributed by atoms with E-state index in [0.29, 0.717) is 15.7 Å². The molecule has 0 aliphatic rings. The Morgan fingerprint density at radius 3 is 2.22 bits per heavy atom. The monoisotopic (exact) mass is 278 g/mol. The van der Waals surface area contributed by atoms with Gasteiger partial charge >= 0.3 is 0 Å². The van der Waals surface area contributed by atoms with Gasteiger partial charge < -0.3 is 0 Å². The Bertz CT molecular complexity index is 564. The fraction of sp³-hybridized carbons (Fsp3) is 0.154. The van der Waals surface area contributed by atoms with Crippen molar-refractivity contribution in [3.63, 3.8) is 0 Å². The van der Waals surface area contributed by atoms with Crippen LogP contribution in [0.15, 0.2) is 35.5 Å². The number of carbonyl (C=O) groups is 1. The SMILES string of the molecule is Cc1cc(C)nc(SC(=O)c2ccc(Cl)cc2)n1. The predicted molar refractivity (Wildman–Crippen MR) is 73.1 cm³/mol. The van der Waals surface area contributed by atoms with E-state index in [1.807, 2.05) is 19.9 Å². The largest absolute Gasteiger partial charge is 0.281 e. The highest BCUT2D eigenvalue weighted by Crippen LogP contribution is 2.21. The molecule has 5 heteroatoms. The van der Waals surface area contributed by atoms with Gasteiger partial charge in [-0.05, 0) is 55.9 Å². The second-order valence-corrected chi connectivity index (χ2v) is 5.21. The molecule has 0 bridgehead atoms. The second kappa shape index (κ2) is 5.50. The molecule has 0 atom stereocenters. The number of nitrogens with zero attached hydrogens (tertiary/aromatic N) is 2. The summed E-state index contributed by atoms with van der Waals surface area (Å²) in [4.78, 5) is 20.4. The van der Waals surface area contributed by atoms with Crippen LogP contribution in [-0.4, -0.2) is 15.1 Å². The van der Waals surface area contributed by atoms with Gasteiger partial charge in [0.1, 0.15) is 0 Å². The first-order valence-corrected chi connectivity index (χ1v) is 6.54. The molecule has 1 heterocycles. The molecule has 0 spiro atoms. The van der Waals surface area contributed by atoms with Crippen molar-refractivity contribution < 1.29 is 4.79 Å². The first-order chi connectivity index (χ1) is 8.54. The van der Waals surface area contributed by atoms with Crippen LogP contribution in [0.1, 0.15) is 21.7 Å². The summed E-state index contributed by atoms with van der Waals surface area (Å²) < 4.78 is 0. The molecular weight excluding hydrogens is 268 g/mol. The topological polar surface area (TPSA) is 42.9 Å². The lowest BCUT2D eigenvalue weighted by molar-refractivity contribution is 0.108. The van der Waals surface area contributed by atoms with Gasteiger partial charge in [-0.25, -0.2) is 9.97 Å². The van der Waals surface area contributed by atoms with Gasteiger partial charge in [-0.3, -0.25) is 4.79 Å². The van der Waals surface area contributed by atoms with Crippen LogP contribution in [0.2, 0.25) is 5.02 Å². The molecule has 0 radical (unpaired) electrons. The van der Waals surface area contributed by atoms with Gasteiger partial charge in [-0.1, -0.05) is 11.6 Å². The number of aromatic nitrogens is 2. The van der Waals surface area contributed by atoms with Gasteiger partial charge in [0.2, 0.25) is 5.12 Å². The smallest absolute Gasteiger partial charge is 0.227 e. The minimum absolute atomic E-state index is 0.0864. The Balaban J connectivity index is 2.18. The molecule has 2 aromatic rings. The molecule has 0 aliphatic carbocycles. The molecule has 0 saturated carbocycles. The Labute approximate surface area is 115 Å². The minimum atomic E-state index is -0.0864. The molecular formula is C13H11ClN2OS. The molecule has 92 valence electrons. The Morgan fingerprint density at radius 1 is 1.11 bits per heavy atom. The van der Waals surface area contributed by atoms with Crippen LogP contribution >= 0.6 is 23.4 Å². The maximum atomic E-state index is 12.0. The third-order valence-electron chi connectivity index (χ3n) is 2.23. The average Bonchev–Trinajstić information content (AvgIpc) is 2.28. The molecule has 0 N–H and O–H groups in total. The number of aryl methyl sites for hydroxylation is 2. The summed E-state index contributed by atoms with van der Waals surface area (Å²) >= 11 is 6.80. The minimum Gasteiger partial charge on any atom is -0.281 e. The number of carbonyl (C=O) groups excluding carboxylic acids is 1. The van der Waals surface area contributed by atoms with Crippen molar-refractivity contribution in [3.8, 4) is 0 Å². The second-order valence-electron chi connectivity index (χ2n) is 3.83. The van der Waals surface area contributed by atoms with E-state index in [9.17, 15) is 4.79 Å². The molecule has 0 fully saturated rings. The third-order valence-corrected chi connectivity index (χ3v) is 3.26. The summed E-state index contributed by atoms with van der Waals surface area (Å²) in [5.41, 5.74) is 2.30. The highest BCUT2D eigenvalue weighted by Gasteiger charge is 2.10. The zero-order valence-corrected chi connectivity index (χ0v) is 11.5. The highest BCUT2D eigenvalue weighted by molar-refractivity contribution is 8.14. The lowest BCUT2D eigenvalue weighted by Gasteiger charge is -2.02. The summed E-state index contributed by atoms with van der Waals surface area (Å²) in [6.45, 7) is 3.76. The van der Waals surface area contributed by atoms with Crippen molar-refractivity contribution in [1.29, 1.82) is 0 Å². The van der Waals surface area contributed by atoms with Gasteiger partial charge in [-0.15, -0.1) is 0 Å². The number of thioether (sulfide) groups is 1. The fourth-order valence-electron chi connectivity index (χ4n) is 1.47. The molecule has 2 rings (SSSR count). The zero-order chi connectivity index (χ0) is 13.1. The van der Waals surface area contributed by atoms with Gasteiger partial charge in [0.25, 0.3) is 0 Å². The summed E-state index contributed by atoms with van der Waals surface area (Å²) in [5, 5.41) is 1.00. The molecule has 0 amide bonds. The van der Waals surface area contributed by atoms with Crippen LogP contribution in [0.4, 0.5) is 0 Å². The molecule has 1 aromatic heterocycles. The fourth-order valence-corrected chi connectivity index (χ4v) is 2.39. The van der Waals surface area contributed by atoms with Crippen molar-refractivity contribution in [2.24, 2.45) is 0 Å². The van der Waals surface area contributed by atoms with Crippen molar-refractivity contribution >= 4 is 28.5 Å². The number of benzene rings is 1. The van der Waals surface area contributed by atoms with E-state index in [4.69, 9.17) is 11.6 Å². The molecule has 0 aliphatic heterocycles. The normalized spacial score (nSPS) is 10.4. The van der Waals surface area contributed by atoms with Gasteiger partial charge in [0.15, 0.2) is 5.16 Å². The summed E-state index contributed by atoms with van der Waals surface area (Å²) in [6, 6.07) is 8.65. The van der Waals surface area contributed by atoms with Crippen LogP contribution in [0.3, 0.4) is 0 Å². The Hall–Kier alpha value is -1.39. The van der Waals surface area contributed by atoms with Crippen LogP contribution in [-0.2, 0) is 0 Å². The van der Waals surface area contributed by atoms with E-state index in [0.717, 1.165) is 23.1 Å². The van der Waals surface area contributed by atoms with E-state index in [-0.39, 0.29) is 5.12 Å². The quantitative estimate of drug-likeness (QED) is 0.621. The van der Waals surface area contributed by atoms with Crippen molar-refractivity contribution in [3.05, 3.63) is 52.3 Å². The van der Waals surface area contributed by atoms with E-state index in [1.54, 1.807) is 24.3 Å². The third kappa shape index (κ3) is 3.31. The summed E-state index contributed by atoms with van der Waals surface area (Å²) in [5.74, 6) is 0. The zero-order valence-electron chi connectivity index (χ0n) is 9.98. The van der Waals surface area contributed by atoms with Gasteiger partial charge in [-0.2, -0.15) is 0 Å². The first-order valence-electron chi connectivity index (χ1n) is 5.34. The molecule has 0 saturated heterocycles. The number of halogens is 1. The van der Waals surface area contributed by atoms with Gasteiger partial charge in [0, 0.05) is 22.0 Å². The maximum absolute atomic E-state index is 12.0. The molecule has 18 heavy (non-hydrogen) atoms. The van der Waals surface area contributed by atoms with Crippen LogP contribution in [0.5, 0.6) is 0 Å². The average molecular weight is 279 g/mol. The summed E-state index contributed by atoms with van der Waals surface area (Å²) in [7, 11) is 0. The first kappa shape index (κ1) is 13.1. The van der Waals surface area contributed by atoms with Crippen LogP contribution in [0, 0.1) is 13.8 Å². The van der Waals surface area contributed by atoms with Crippen molar-refractivity contribution in [1.82, 2.24) is 9.97 Å².